The lowest BCUT2D eigenvalue weighted by Crippen LogP contribution is -1.99. The van der Waals surface area contributed by atoms with Gasteiger partial charge in [-0.3, -0.25) is 10.1 Å². The van der Waals surface area contributed by atoms with Crippen LogP contribution in [0.25, 0.3) is 0 Å². The first kappa shape index (κ1) is 12.1. The van der Waals surface area contributed by atoms with E-state index in [9.17, 15) is 4.79 Å². The summed E-state index contributed by atoms with van der Waals surface area (Å²) in [5, 5.41) is 11.6. The van der Waals surface area contributed by atoms with E-state index < -0.39 is 5.97 Å². The molecule has 0 unspecified atom stereocenters. The number of hydrogen-bond donors (Lipinski definition) is 2. The standard InChI is InChI=1S/C12H13N3O3/c1-7-3-4-13-10(5-7)15-12-14-8(2)9(18-12)6-11(16)17/h3-5H,6H2,1-2H3,(H,16,17)(H,13,14,15). The van der Waals surface area contributed by atoms with E-state index in [0.29, 0.717) is 17.3 Å². The van der Waals surface area contributed by atoms with Gasteiger partial charge >= 0.3 is 12.0 Å². The molecule has 2 aromatic rings. The number of aliphatic carboxylic acids is 1. The normalized spacial score (nSPS) is 10.3. The molecule has 0 saturated carbocycles. The molecule has 0 saturated heterocycles. The zero-order valence-corrected chi connectivity index (χ0v) is 10.1. The molecule has 0 fully saturated rings. The summed E-state index contributed by atoms with van der Waals surface area (Å²) in [4.78, 5) is 18.8. The van der Waals surface area contributed by atoms with E-state index in [1.54, 1.807) is 13.1 Å². The highest BCUT2D eigenvalue weighted by Gasteiger charge is 2.13. The van der Waals surface area contributed by atoms with Crippen molar-refractivity contribution in [3.63, 3.8) is 0 Å². The molecular formula is C12H13N3O3. The van der Waals surface area contributed by atoms with Crippen LogP contribution in [0.3, 0.4) is 0 Å². The maximum Gasteiger partial charge on any atom is 0.311 e. The molecule has 0 radical (unpaired) electrons. The van der Waals surface area contributed by atoms with E-state index >= 15 is 0 Å². The molecule has 2 aromatic heterocycles. The number of carboxylic acid groups (broad SMARTS) is 1. The lowest BCUT2D eigenvalue weighted by Gasteiger charge is -2.00. The molecule has 0 bridgehead atoms. The SMILES string of the molecule is Cc1ccnc(Nc2nc(C)c(CC(=O)O)o2)c1. The molecule has 6 nitrogen and oxygen atoms in total. The Bertz CT molecular complexity index is 578. The van der Waals surface area contributed by atoms with Crippen molar-refractivity contribution in [1.29, 1.82) is 0 Å². The Hall–Kier alpha value is -2.37. The Morgan fingerprint density at radius 3 is 2.94 bits per heavy atom. The molecule has 6 heteroatoms. The van der Waals surface area contributed by atoms with Crippen LogP contribution in [0, 0.1) is 13.8 Å². The predicted octanol–water partition coefficient (Wildman–Crippen LogP) is 2.06. The summed E-state index contributed by atoms with van der Waals surface area (Å²) in [6.07, 6.45) is 1.49. The molecule has 2 heterocycles. The number of carbonyl (C=O) groups is 1. The number of nitrogens with one attached hydrogen (secondary N) is 1. The van der Waals surface area contributed by atoms with Crippen LogP contribution in [-0.4, -0.2) is 21.0 Å². The van der Waals surface area contributed by atoms with Crippen molar-refractivity contribution in [3.05, 3.63) is 35.3 Å². The topological polar surface area (TPSA) is 88.2 Å². The van der Waals surface area contributed by atoms with Gasteiger partial charge in [-0.2, -0.15) is 4.98 Å². The number of aryl methyl sites for hydroxylation is 2. The van der Waals surface area contributed by atoms with Crippen molar-refractivity contribution in [2.75, 3.05) is 5.32 Å². The average Bonchev–Trinajstić information content (AvgIpc) is 2.58. The van der Waals surface area contributed by atoms with Gasteiger partial charge < -0.3 is 9.52 Å². The van der Waals surface area contributed by atoms with Crippen LogP contribution in [0.5, 0.6) is 0 Å². The Balaban J connectivity index is 2.17. The highest BCUT2D eigenvalue weighted by Crippen LogP contribution is 2.18. The minimum Gasteiger partial charge on any atom is -0.481 e. The molecule has 0 aliphatic rings. The smallest absolute Gasteiger partial charge is 0.311 e. The van der Waals surface area contributed by atoms with E-state index in [1.807, 2.05) is 19.1 Å². The number of hydrogen-bond acceptors (Lipinski definition) is 5. The molecule has 0 aliphatic carbocycles. The largest absolute Gasteiger partial charge is 0.481 e. The Kier molecular flexibility index (Phi) is 3.27. The first-order valence-electron chi connectivity index (χ1n) is 5.42. The van der Waals surface area contributed by atoms with Gasteiger partial charge in [0.15, 0.2) is 0 Å². The van der Waals surface area contributed by atoms with Crippen molar-refractivity contribution in [2.24, 2.45) is 0 Å². The van der Waals surface area contributed by atoms with Gasteiger partial charge in [-0.15, -0.1) is 0 Å². The van der Waals surface area contributed by atoms with Crippen LogP contribution in [0.2, 0.25) is 0 Å². The van der Waals surface area contributed by atoms with Crippen LogP contribution in [0.1, 0.15) is 17.0 Å². The molecule has 2 N–H and O–H groups in total. The van der Waals surface area contributed by atoms with Gasteiger partial charge in [0.2, 0.25) is 0 Å². The van der Waals surface area contributed by atoms with Crippen molar-refractivity contribution in [1.82, 2.24) is 9.97 Å². The summed E-state index contributed by atoms with van der Waals surface area (Å²) >= 11 is 0. The Morgan fingerprint density at radius 2 is 2.28 bits per heavy atom. The monoisotopic (exact) mass is 247 g/mol. The van der Waals surface area contributed by atoms with E-state index in [0.717, 1.165) is 5.56 Å². The number of oxazole rings is 1. The van der Waals surface area contributed by atoms with E-state index in [-0.39, 0.29) is 12.4 Å². The quantitative estimate of drug-likeness (QED) is 0.859. The molecule has 18 heavy (non-hydrogen) atoms. The summed E-state index contributed by atoms with van der Waals surface area (Å²) in [5.41, 5.74) is 1.62. The van der Waals surface area contributed by atoms with E-state index in [4.69, 9.17) is 9.52 Å². The van der Waals surface area contributed by atoms with Crippen molar-refractivity contribution >= 4 is 17.8 Å². The lowest BCUT2D eigenvalue weighted by atomic mass is 10.3. The van der Waals surface area contributed by atoms with E-state index in [1.165, 1.54) is 0 Å². The third-order valence-electron chi connectivity index (χ3n) is 2.35. The minimum atomic E-state index is -0.950. The predicted molar refractivity (Wildman–Crippen MR) is 64.8 cm³/mol. The van der Waals surface area contributed by atoms with Crippen LogP contribution < -0.4 is 5.32 Å². The maximum atomic E-state index is 10.6. The average molecular weight is 247 g/mol. The van der Waals surface area contributed by atoms with Gasteiger partial charge in [0.1, 0.15) is 18.0 Å². The fraction of sp³-hybridized carbons (Fsp3) is 0.250. The van der Waals surface area contributed by atoms with Gasteiger partial charge in [-0.1, -0.05) is 0 Å². The number of carboxylic acids is 1. The summed E-state index contributed by atoms with van der Waals surface area (Å²) in [7, 11) is 0. The second kappa shape index (κ2) is 4.87. The molecular weight excluding hydrogens is 234 g/mol. The molecule has 0 amide bonds. The van der Waals surface area contributed by atoms with Gasteiger partial charge in [-0.25, -0.2) is 4.98 Å². The number of anilines is 2. The fourth-order valence-corrected chi connectivity index (χ4v) is 1.50. The zero-order chi connectivity index (χ0) is 13.1. The third kappa shape index (κ3) is 2.85. The molecule has 0 aromatic carbocycles. The number of nitrogens with zero attached hydrogens (tertiary/aromatic N) is 2. The summed E-state index contributed by atoms with van der Waals surface area (Å²) < 4.78 is 5.33. The molecule has 0 aliphatic heterocycles. The first-order chi connectivity index (χ1) is 8.54. The van der Waals surface area contributed by atoms with Gasteiger partial charge in [0.05, 0.1) is 5.69 Å². The molecule has 0 atom stereocenters. The number of pyridine rings is 1. The van der Waals surface area contributed by atoms with E-state index in [2.05, 4.69) is 15.3 Å². The highest BCUT2D eigenvalue weighted by molar-refractivity contribution is 5.69. The number of rotatable bonds is 4. The first-order valence-corrected chi connectivity index (χ1v) is 5.42. The summed E-state index contributed by atoms with van der Waals surface area (Å²) in [5.74, 6) is 0.00487. The van der Waals surface area contributed by atoms with Crippen LogP contribution in [0.4, 0.5) is 11.8 Å². The summed E-state index contributed by atoms with van der Waals surface area (Å²) in [6.45, 7) is 3.65. The van der Waals surface area contributed by atoms with Gasteiger partial charge in [0.25, 0.3) is 0 Å². The molecule has 2 rings (SSSR count). The summed E-state index contributed by atoms with van der Waals surface area (Å²) in [6, 6.07) is 3.97. The molecule has 0 spiro atoms. The zero-order valence-electron chi connectivity index (χ0n) is 10.1. The van der Waals surface area contributed by atoms with Crippen molar-refractivity contribution in [2.45, 2.75) is 20.3 Å². The Labute approximate surface area is 104 Å². The van der Waals surface area contributed by atoms with Crippen LogP contribution >= 0.6 is 0 Å². The van der Waals surface area contributed by atoms with Gasteiger partial charge in [-0.05, 0) is 31.5 Å². The lowest BCUT2D eigenvalue weighted by molar-refractivity contribution is -0.136. The Morgan fingerprint density at radius 1 is 1.50 bits per heavy atom. The maximum absolute atomic E-state index is 10.6. The number of aromatic nitrogens is 2. The van der Waals surface area contributed by atoms with Crippen molar-refractivity contribution < 1.29 is 14.3 Å². The second-order valence-corrected chi connectivity index (χ2v) is 3.94. The second-order valence-electron chi connectivity index (χ2n) is 3.94. The third-order valence-corrected chi connectivity index (χ3v) is 2.35. The molecule has 94 valence electrons. The highest BCUT2D eigenvalue weighted by atomic mass is 16.4. The minimum absolute atomic E-state index is 0.179. The van der Waals surface area contributed by atoms with Crippen LogP contribution in [-0.2, 0) is 11.2 Å². The fourth-order valence-electron chi connectivity index (χ4n) is 1.50. The van der Waals surface area contributed by atoms with Gasteiger partial charge in [0, 0.05) is 6.20 Å². The van der Waals surface area contributed by atoms with Crippen molar-refractivity contribution in [3.8, 4) is 0 Å². The van der Waals surface area contributed by atoms with Crippen LogP contribution in [0.15, 0.2) is 22.7 Å².